The number of H-pyrrole nitrogens is 1. The quantitative estimate of drug-likeness (QED) is 0.701. The van der Waals surface area contributed by atoms with E-state index in [0.717, 1.165) is 0 Å². The van der Waals surface area contributed by atoms with Gasteiger partial charge in [0.25, 0.3) is 0 Å². The number of hydrogen-bond donors (Lipinski definition) is 2. The number of nitrogen functional groups attached to an aromatic ring is 1. The van der Waals surface area contributed by atoms with Gasteiger partial charge in [-0.2, -0.15) is 0 Å². The Morgan fingerprint density at radius 2 is 2.31 bits per heavy atom. The maximum absolute atomic E-state index is 5.81. The van der Waals surface area contributed by atoms with Crippen LogP contribution in [0.4, 0.5) is 5.82 Å². The summed E-state index contributed by atoms with van der Waals surface area (Å²) in [5, 5.41) is 2.03. The van der Waals surface area contributed by atoms with Crippen LogP contribution in [0.5, 0.6) is 0 Å². The molecule has 0 saturated heterocycles. The van der Waals surface area contributed by atoms with Crippen molar-refractivity contribution in [1.82, 2.24) is 19.9 Å². The van der Waals surface area contributed by atoms with E-state index in [1.54, 1.807) is 17.7 Å². The van der Waals surface area contributed by atoms with E-state index in [4.69, 9.17) is 5.73 Å². The summed E-state index contributed by atoms with van der Waals surface area (Å²) in [6.07, 6.45) is 2.27. The summed E-state index contributed by atoms with van der Waals surface area (Å²) in [6, 6.07) is 4.06. The molecular formula is C10H9N5S. The average Bonchev–Trinajstić information content (AvgIpc) is 2.87. The van der Waals surface area contributed by atoms with E-state index in [0.29, 0.717) is 29.2 Å². The predicted octanol–water partition coefficient (Wildman–Crippen LogP) is 1.59. The number of hydrogen-bond acceptors (Lipinski definition) is 5. The largest absolute Gasteiger partial charge is 0.382 e. The van der Waals surface area contributed by atoms with Crippen LogP contribution in [0.1, 0.15) is 10.7 Å². The maximum atomic E-state index is 5.81. The van der Waals surface area contributed by atoms with Crippen LogP contribution in [0.2, 0.25) is 0 Å². The Morgan fingerprint density at radius 3 is 3.12 bits per heavy atom. The molecule has 0 aliphatic rings. The van der Waals surface area contributed by atoms with Gasteiger partial charge in [0, 0.05) is 11.3 Å². The van der Waals surface area contributed by atoms with Gasteiger partial charge < -0.3 is 10.7 Å². The smallest absolute Gasteiger partial charge is 0.183 e. The van der Waals surface area contributed by atoms with Gasteiger partial charge in [0.2, 0.25) is 0 Å². The van der Waals surface area contributed by atoms with Crippen LogP contribution in [0, 0.1) is 0 Å². The van der Waals surface area contributed by atoms with E-state index in [1.807, 2.05) is 11.4 Å². The van der Waals surface area contributed by atoms with Gasteiger partial charge in [0.05, 0.1) is 6.33 Å². The van der Waals surface area contributed by atoms with Gasteiger partial charge >= 0.3 is 0 Å². The number of aromatic nitrogens is 4. The Kier molecular flexibility index (Phi) is 2.07. The summed E-state index contributed by atoms with van der Waals surface area (Å²) >= 11 is 1.68. The predicted molar refractivity (Wildman–Crippen MR) is 63.2 cm³/mol. The maximum Gasteiger partial charge on any atom is 0.183 e. The minimum absolute atomic E-state index is 0.453. The van der Waals surface area contributed by atoms with E-state index < -0.39 is 0 Å². The van der Waals surface area contributed by atoms with Crippen LogP contribution in [0.25, 0.3) is 11.2 Å². The lowest BCUT2D eigenvalue weighted by Gasteiger charge is -1.99. The molecule has 0 amide bonds. The third-order valence-electron chi connectivity index (χ3n) is 2.27. The fourth-order valence-electron chi connectivity index (χ4n) is 1.55. The molecule has 5 nitrogen and oxygen atoms in total. The van der Waals surface area contributed by atoms with Gasteiger partial charge in [-0.3, -0.25) is 0 Å². The molecule has 3 aromatic heterocycles. The van der Waals surface area contributed by atoms with E-state index in [1.165, 1.54) is 4.88 Å². The average molecular weight is 231 g/mol. The molecule has 0 atom stereocenters. The number of nitrogens with one attached hydrogen (secondary N) is 1. The van der Waals surface area contributed by atoms with Gasteiger partial charge in [-0.1, -0.05) is 6.07 Å². The number of fused-ring (bicyclic) bond motifs is 1. The second kappa shape index (κ2) is 3.57. The van der Waals surface area contributed by atoms with Crippen molar-refractivity contribution in [2.24, 2.45) is 0 Å². The van der Waals surface area contributed by atoms with Crippen LogP contribution >= 0.6 is 11.3 Å². The molecule has 80 valence electrons. The zero-order valence-corrected chi connectivity index (χ0v) is 9.16. The lowest BCUT2D eigenvalue weighted by atomic mass is 10.3. The topological polar surface area (TPSA) is 80.5 Å². The second-order valence-electron chi connectivity index (χ2n) is 3.38. The van der Waals surface area contributed by atoms with Crippen molar-refractivity contribution in [2.75, 3.05) is 5.73 Å². The summed E-state index contributed by atoms with van der Waals surface area (Å²) < 4.78 is 0. The summed E-state index contributed by atoms with van der Waals surface area (Å²) in [5.41, 5.74) is 7.14. The zero-order chi connectivity index (χ0) is 11.0. The highest BCUT2D eigenvalue weighted by Crippen LogP contribution is 2.17. The Morgan fingerprint density at radius 1 is 1.38 bits per heavy atom. The molecule has 0 bridgehead atoms. The van der Waals surface area contributed by atoms with Crippen molar-refractivity contribution >= 4 is 28.3 Å². The molecule has 3 heterocycles. The summed E-state index contributed by atoms with van der Waals surface area (Å²) in [4.78, 5) is 16.8. The molecule has 0 spiro atoms. The minimum Gasteiger partial charge on any atom is -0.382 e. The SMILES string of the molecule is Nc1nc(Cc2cccs2)nc2nc[nH]c12. The number of imidazole rings is 1. The summed E-state index contributed by atoms with van der Waals surface area (Å²) in [7, 11) is 0. The Bertz CT molecular complexity index is 613. The highest BCUT2D eigenvalue weighted by Gasteiger charge is 2.07. The van der Waals surface area contributed by atoms with E-state index in [9.17, 15) is 0 Å². The van der Waals surface area contributed by atoms with Crippen molar-refractivity contribution < 1.29 is 0 Å². The molecule has 0 aliphatic heterocycles. The fourth-order valence-corrected chi connectivity index (χ4v) is 2.25. The lowest BCUT2D eigenvalue weighted by molar-refractivity contribution is 1.01. The second-order valence-corrected chi connectivity index (χ2v) is 4.41. The monoisotopic (exact) mass is 231 g/mol. The summed E-state index contributed by atoms with van der Waals surface area (Å²) in [5.74, 6) is 1.16. The Balaban J connectivity index is 2.04. The van der Waals surface area contributed by atoms with Gasteiger partial charge in [0.15, 0.2) is 11.5 Å². The van der Waals surface area contributed by atoms with Crippen molar-refractivity contribution in [3.63, 3.8) is 0 Å². The van der Waals surface area contributed by atoms with Crippen LogP contribution < -0.4 is 5.73 Å². The first kappa shape index (κ1) is 9.29. The van der Waals surface area contributed by atoms with Gasteiger partial charge in [0.1, 0.15) is 11.3 Å². The van der Waals surface area contributed by atoms with E-state index >= 15 is 0 Å². The lowest BCUT2D eigenvalue weighted by Crippen LogP contribution is -2.01. The zero-order valence-electron chi connectivity index (χ0n) is 8.34. The number of thiophene rings is 1. The van der Waals surface area contributed by atoms with Crippen molar-refractivity contribution in [3.8, 4) is 0 Å². The highest BCUT2D eigenvalue weighted by atomic mass is 32.1. The molecule has 0 aliphatic carbocycles. The molecule has 16 heavy (non-hydrogen) atoms. The van der Waals surface area contributed by atoms with Gasteiger partial charge in [-0.05, 0) is 11.4 Å². The van der Waals surface area contributed by atoms with E-state index in [-0.39, 0.29) is 0 Å². The number of nitrogens with zero attached hydrogens (tertiary/aromatic N) is 3. The molecule has 0 unspecified atom stereocenters. The van der Waals surface area contributed by atoms with E-state index in [2.05, 4.69) is 26.0 Å². The first-order valence-electron chi connectivity index (χ1n) is 4.81. The molecule has 6 heteroatoms. The standard InChI is InChI=1S/C10H9N5S/c11-9-8-10(13-5-12-8)15-7(14-9)4-6-2-1-3-16-6/h1-3,5H,4H2,(H3,11,12,13,14,15). The number of aromatic amines is 1. The molecule has 3 rings (SSSR count). The normalized spacial score (nSPS) is 11.0. The number of anilines is 1. The molecule has 0 fully saturated rings. The molecule has 3 N–H and O–H groups in total. The highest BCUT2D eigenvalue weighted by molar-refractivity contribution is 7.09. The van der Waals surface area contributed by atoms with Gasteiger partial charge in [-0.25, -0.2) is 15.0 Å². The van der Waals surface area contributed by atoms with Gasteiger partial charge in [-0.15, -0.1) is 11.3 Å². The molecular weight excluding hydrogens is 222 g/mol. The number of nitrogens with two attached hydrogens (primary N) is 1. The van der Waals surface area contributed by atoms with Crippen LogP contribution in [-0.4, -0.2) is 19.9 Å². The molecule has 3 aromatic rings. The first-order chi connectivity index (χ1) is 7.83. The van der Waals surface area contributed by atoms with Crippen LogP contribution in [0.3, 0.4) is 0 Å². The van der Waals surface area contributed by atoms with Crippen LogP contribution in [0.15, 0.2) is 23.8 Å². The molecule has 0 aromatic carbocycles. The Labute approximate surface area is 95.4 Å². The van der Waals surface area contributed by atoms with Crippen molar-refractivity contribution in [1.29, 1.82) is 0 Å². The van der Waals surface area contributed by atoms with Crippen molar-refractivity contribution in [3.05, 3.63) is 34.5 Å². The number of rotatable bonds is 2. The van der Waals surface area contributed by atoms with Crippen LogP contribution in [-0.2, 0) is 6.42 Å². The third-order valence-corrected chi connectivity index (χ3v) is 3.15. The summed E-state index contributed by atoms with van der Waals surface area (Å²) in [6.45, 7) is 0. The fraction of sp³-hybridized carbons (Fsp3) is 0.100. The minimum atomic E-state index is 0.453. The third kappa shape index (κ3) is 1.53. The molecule has 0 saturated carbocycles. The Hall–Kier alpha value is -1.95. The molecule has 0 radical (unpaired) electrons. The first-order valence-corrected chi connectivity index (χ1v) is 5.69. The van der Waals surface area contributed by atoms with Crippen molar-refractivity contribution in [2.45, 2.75) is 6.42 Å².